The van der Waals surface area contributed by atoms with E-state index in [-0.39, 0.29) is 18.5 Å². The first-order chi connectivity index (χ1) is 12.9. The largest absolute Gasteiger partial charge is 0.497 e. The molecule has 1 atom stereocenters. The van der Waals surface area contributed by atoms with Crippen LogP contribution in [-0.2, 0) is 11.3 Å². The fraction of sp³-hybridized carbons (Fsp3) is 0.400. The van der Waals surface area contributed by atoms with Crippen molar-refractivity contribution in [3.05, 3.63) is 53.5 Å². The molecule has 1 unspecified atom stereocenters. The van der Waals surface area contributed by atoms with Gasteiger partial charge in [-0.3, -0.25) is 4.79 Å². The van der Waals surface area contributed by atoms with Crippen LogP contribution in [0.25, 0.3) is 0 Å². The van der Waals surface area contributed by atoms with Crippen molar-refractivity contribution in [1.82, 2.24) is 15.5 Å². The molecule has 0 saturated carbocycles. The zero-order chi connectivity index (χ0) is 19.8. The fourth-order valence-electron chi connectivity index (χ4n) is 2.33. The highest BCUT2D eigenvalue weighted by Gasteiger charge is 2.13. The van der Waals surface area contributed by atoms with Crippen LogP contribution in [0.3, 0.4) is 0 Å². The molecule has 0 saturated heterocycles. The Balaban J connectivity index is 2.08. The molecular formula is C20H28N4O3. The number of ether oxygens (including phenoxy) is 1. The van der Waals surface area contributed by atoms with Crippen molar-refractivity contribution in [2.24, 2.45) is 4.99 Å². The van der Waals surface area contributed by atoms with Gasteiger partial charge in [-0.2, -0.15) is 0 Å². The van der Waals surface area contributed by atoms with Gasteiger partial charge in [0.25, 0.3) is 0 Å². The molecule has 0 aliphatic carbocycles. The number of aryl methyl sites for hydroxylation is 1. The van der Waals surface area contributed by atoms with Gasteiger partial charge >= 0.3 is 0 Å². The van der Waals surface area contributed by atoms with E-state index in [0.29, 0.717) is 12.5 Å². The quantitative estimate of drug-likeness (QED) is 0.577. The second-order valence-corrected chi connectivity index (χ2v) is 6.47. The van der Waals surface area contributed by atoms with Crippen LogP contribution in [0.4, 0.5) is 0 Å². The van der Waals surface area contributed by atoms with E-state index in [1.165, 1.54) is 4.90 Å². The summed E-state index contributed by atoms with van der Waals surface area (Å²) in [4.78, 5) is 18.0. The van der Waals surface area contributed by atoms with Gasteiger partial charge in [-0.05, 0) is 43.7 Å². The summed E-state index contributed by atoms with van der Waals surface area (Å²) in [7, 11) is 5.08. The van der Waals surface area contributed by atoms with Gasteiger partial charge < -0.3 is 24.7 Å². The SMILES string of the molecule is COc1ccc(CN=C(NCC(=O)N(C)C)NC(C)c2ccc(C)o2)cc1. The number of hydrogen-bond acceptors (Lipinski definition) is 4. The molecule has 1 amide bonds. The van der Waals surface area contributed by atoms with Crippen LogP contribution in [0.5, 0.6) is 5.75 Å². The molecular weight excluding hydrogens is 344 g/mol. The molecule has 2 rings (SSSR count). The van der Waals surface area contributed by atoms with Crippen LogP contribution in [0.1, 0.15) is 30.0 Å². The van der Waals surface area contributed by atoms with Gasteiger partial charge in [-0.25, -0.2) is 4.99 Å². The molecule has 7 heteroatoms. The fourth-order valence-corrected chi connectivity index (χ4v) is 2.33. The highest BCUT2D eigenvalue weighted by atomic mass is 16.5. The highest BCUT2D eigenvalue weighted by Crippen LogP contribution is 2.15. The average molecular weight is 372 g/mol. The molecule has 0 bridgehead atoms. The van der Waals surface area contributed by atoms with Crippen LogP contribution in [0.2, 0.25) is 0 Å². The van der Waals surface area contributed by atoms with Crippen molar-refractivity contribution < 1.29 is 13.9 Å². The van der Waals surface area contributed by atoms with E-state index in [1.807, 2.05) is 50.2 Å². The molecule has 1 aromatic carbocycles. The third-order valence-electron chi connectivity index (χ3n) is 4.03. The summed E-state index contributed by atoms with van der Waals surface area (Å²) >= 11 is 0. The van der Waals surface area contributed by atoms with Crippen molar-refractivity contribution in [3.8, 4) is 5.75 Å². The Hall–Kier alpha value is -2.96. The first-order valence-corrected chi connectivity index (χ1v) is 8.83. The Morgan fingerprint density at radius 1 is 1.22 bits per heavy atom. The van der Waals surface area contributed by atoms with Crippen molar-refractivity contribution in [2.45, 2.75) is 26.4 Å². The minimum absolute atomic E-state index is 0.0320. The zero-order valence-corrected chi connectivity index (χ0v) is 16.6. The Bertz CT molecular complexity index is 766. The Labute approximate surface area is 160 Å². The van der Waals surface area contributed by atoms with Crippen LogP contribution in [-0.4, -0.2) is 44.5 Å². The molecule has 0 aliphatic rings. The van der Waals surface area contributed by atoms with E-state index >= 15 is 0 Å². The summed E-state index contributed by atoms with van der Waals surface area (Å²) in [6, 6.07) is 11.5. The molecule has 0 aliphatic heterocycles. The number of nitrogens with zero attached hydrogens (tertiary/aromatic N) is 2. The van der Waals surface area contributed by atoms with Gasteiger partial charge in [-0.15, -0.1) is 0 Å². The number of rotatable bonds is 7. The summed E-state index contributed by atoms with van der Waals surface area (Å²) in [6.45, 7) is 4.52. The maximum atomic E-state index is 11.9. The lowest BCUT2D eigenvalue weighted by atomic mass is 10.2. The van der Waals surface area contributed by atoms with E-state index in [9.17, 15) is 4.79 Å². The van der Waals surface area contributed by atoms with Gasteiger partial charge in [-0.1, -0.05) is 12.1 Å². The summed E-state index contributed by atoms with van der Waals surface area (Å²) in [5.41, 5.74) is 1.04. The zero-order valence-electron chi connectivity index (χ0n) is 16.6. The van der Waals surface area contributed by atoms with Crippen molar-refractivity contribution in [3.63, 3.8) is 0 Å². The number of hydrogen-bond donors (Lipinski definition) is 2. The van der Waals surface area contributed by atoms with E-state index in [4.69, 9.17) is 9.15 Å². The maximum Gasteiger partial charge on any atom is 0.241 e. The topological polar surface area (TPSA) is 79.1 Å². The Morgan fingerprint density at radius 2 is 1.93 bits per heavy atom. The van der Waals surface area contributed by atoms with Crippen LogP contribution in [0, 0.1) is 6.92 Å². The van der Waals surface area contributed by atoms with E-state index in [0.717, 1.165) is 22.8 Å². The van der Waals surface area contributed by atoms with Gasteiger partial charge in [0.05, 0.1) is 26.2 Å². The summed E-state index contributed by atoms with van der Waals surface area (Å²) in [5.74, 6) is 2.98. The van der Waals surface area contributed by atoms with Gasteiger partial charge in [0, 0.05) is 14.1 Å². The number of nitrogens with one attached hydrogen (secondary N) is 2. The van der Waals surface area contributed by atoms with E-state index in [2.05, 4.69) is 15.6 Å². The number of furan rings is 1. The molecule has 0 fully saturated rings. The lowest BCUT2D eigenvalue weighted by Crippen LogP contribution is -2.43. The number of benzene rings is 1. The number of carbonyl (C=O) groups is 1. The average Bonchev–Trinajstić information content (AvgIpc) is 3.10. The predicted octanol–water partition coefficient (Wildman–Crippen LogP) is 2.48. The van der Waals surface area contributed by atoms with Crippen LogP contribution >= 0.6 is 0 Å². The standard InChI is InChI=1S/C20H28N4O3/c1-14-6-11-18(27-14)15(2)23-20(22-13-19(25)24(3)4)21-12-16-7-9-17(26-5)10-8-16/h6-11,15H,12-13H2,1-5H3,(H2,21,22,23). The molecule has 1 aromatic heterocycles. The summed E-state index contributed by atoms with van der Waals surface area (Å²) in [6.07, 6.45) is 0. The molecule has 2 N–H and O–H groups in total. The highest BCUT2D eigenvalue weighted by molar-refractivity contribution is 5.86. The third kappa shape index (κ3) is 6.36. The van der Waals surface area contributed by atoms with Crippen LogP contribution < -0.4 is 15.4 Å². The lowest BCUT2D eigenvalue weighted by Gasteiger charge is -2.18. The van der Waals surface area contributed by atoms with Crippen molar-refractivity contribution >= 4 is 11.9 Å². The number of amides is 1. The van der Waals surface area contributed by atoms with Gasteiger partial charge in [0.1, 0.15) is 17.3 Å². The molecule has 1 heterocycles. The van der Waals surface area contributed by atoms with Gasteiger partial charge in [0.15, 0.2) is 5.96 Å². The van der Waals surface area contributed by atoms with E-state index < -0.39 is 0 Å². The summed E-state index contributed by atoms with van der Waals surface area (Å²) < 4.78 is 10.8. The smallest absolute Gasteiger partial charge is 0.241 e. The monoisotopic (exact) mass is 372 g/mol. The molecule has 0 spiro atoms. The number of guanidine groups is 1. The Morgan fingerprint density at radius 3 is 2.48 bits per heavy atom. The van der Waals surface area contributed by atoms with Gasteiger partial charge in [0.2, 0.25) is 5.91 Å². The molecule has 146 valence electrons. The number of likely N-dealkylation sites (N-methyl/N-ethyl adjacent to an activating group) is 1. The minimum Gasteiger partial charge on any atom is -0.497 e. The Kier molecular flexibility index (Phi) is 7.28. The predicted molar refractivity (Wildman–Crippen MR) is 106 cm³/mol. The second-order valence-electron chi connectivity index (χ2n) is 6.47. The maximum absolute atomic E-state index is 11.9. The lowest BCUT2D eigenvalue weighted by molar-refractivity contribution is -0.127. The van der Waals surface area contributed by atoms with Crippen molar-refractivity contribution in [1.29, 1.82) is 0 Å². The molecule has 7 nitrogen and oxygen atoms in total. The number of aliphatic imine (C=N–C) groups is 1. The minimum atomic E-state index is -0.0877. The number of methoxy groups -OCH3 is 1. The molecule has 27 heavy (non-hydrogen) atoms. The molecule has 0 radical (unpaired) electrons. The first kappa shape index (κ1) is 20.4. The second kappa shape index (κ2) is 9.66. The van der Waals surface area contributed by atoms with Crippen LogP contribution in [0.15, 0.2) is 45.8 Å². The van der Waals surface area contributed by atoms with E-state index in [1.54, 1.807) is 21.2 Å². The normalized spacial score (nSPS) is 12.4. The molecule has 2 aromatic rings. The van der Waals surface area contributed by atoms with Crippen molar-refractivity contribution in [2.75, 3.05) is 27.7 Å². The summed E-state index contributed by atoms with van der Waals surface area (Å²) in [5, 5.41) is 6.37. The first-order valence-electron chi connectivity index (χ1n) is 8.83. The number of carbonyl (C=O) groups excluding carboxylic acids is 1. The third-order valence-corrected chi connectivity index (χ3v) is 4.03.